The Morgan fingerprint density at radius 3 is 2.48 bits per heavy atom. The molecule has 0 radical (unpaired) electrons. The standard InChI is InChI=1S/C17H26N2O2/c1-2-13-15(20)18-10-4-3-5-14(18)16(21)19(13)11-17(8-9-17)12-6-7-12/h12-14H,2-11H2,1H3. The molecule has 0 aromatic heterocycles. The Balaban J connectivity index is 1.58. The predicted octanol–water partition coefficient (Wildman–Crippen LogP) is 2.18. The van der Waals surface area contributed by atoms with Crippen molar-refractivity contribution in [1.29, 1.82) is 0 Å². The lowest BCUT2D eigenvalue weighted by molar-refractivity contribution is -0.165. The third kappa shape index (κ3) is 2.09. The lowest BCUT2D eigenvalue weighted by atomic mass is 9.91. The van der Waals surface area contributed by atoms with Crippen molar-refractivity contribution in [2.45, 2.75) is 70.4 Å². The Morgan fingerprint density at radius 2 is 1.86 bits per heavy atom. The molecule has 116 valence electrons. The second-order valence-electron chi connectivity index (χ2n) is 7.57. The van der Waals surface area contributed by atoms with Gasteiger partial charge in [-0.3, -0.25) is 9.59 Å². The zero-order chi connectivity index (χ0) is 14.6. The molecule has 0 bridgehead atoms. The topological polar surface area (TPSA) is 40.6 Å². The maximum Gasteiger partial charge on any atom is 0.246 e. The minimum absolute atomic E-state index is 0.149. The summed E-state index contributed by atoms with van der Waals surface area (Å²) in [7, 11) is 0. The van der Waals surface area contributed by atoms with E-state index in [1.807, 2.05) is 16.7 Å². The largest absolute Gasteiger partial charge is 0.329 e. The molecule has 0 N–H and O–H groups in total. The van der Waals surface area contributed by atoms with Gasteiger partial charge in [0, 0.05) is 13.1 Å². The lowest BCUT2D eigenvalue weighted by Gasteiger charge is -2.47. The van der Waals surface area contributed by atoms with E-state index in [1.54, 1.807) is 0 Å². The molecule has 2 aliphatic heterocycles. The van der Waals surface area contributed by atoms with Gasteiger partial charge in [0.15, 0.2) is 0 Å². The summed E-state index contributed by atoms with van der Waals surface area (Å²) < 4.78 is 0. The number of carbonyl (C=O) groups excluding carboxylic acids is 2. The van der Waals surface area contributed by atoms with Crippen LogP contribution in [0.25, 0.3) is 0 Å². The summed E-state index contributed by atoms with van der Waals surface area (Å²) in [5.41, 5.74) is 0.389. The maximum atomic E-state index is 13.0. The van der Waals surface area contributed by atoms with Crippen LogP contribution in [0.5, 0.6) is 0 Å². The van der Waals surface area contributed by atoms with Crippen molar-refractivity contribution in [2.75, 3.05) is 13.1 Å². The van der Waals surface area contributed by atoms with Gasteiger partial charge in [-0.25, -0.2) is 0 Å². The van der Waals surface area contributed by atoms with Gasteiger partial charge in [-0.05, 0) is 62.7 Å². The monoisotopic (exact) mass is 290 g/mol. The number of hydrogen-bond acceptors (Lipinski definition) is 2. The zero-order valence-electron chi connectivity index (χ0n) is 13.0. The van der Waals surface area contributed by atoms with Crippen molar-refractivity contribution in [1.82, 2.24) is 9.80 Å². The first-order chi connectivity index (χ1) is 10.2. The first-order valence-corrected chi connectivity index (χ1v) is 8.77. The third-order valence-electron chi connectivity index (χ3n) is 6.22. The van der Waals surface area contributed by atoms with Crippen molar-refractivity contribution in [3.8, 4) is 0 Å². The highest BCUT2D eigenvalue weighted by molar-refractivity contribution is 5.97. The van der Waals surface area contributed by atoms with Crippen LogP contribution < -0.4 is 0 Å². The molecular formula is C17H26N2O2. The van der Waals surface area contributed by atoms with Gasteiger partial charge >= 0.3 is 0 Å². The van der Waals surface area contributed by atoms with Crippen LogP contribution in [-0.4, -0.2) is 46.8 Å². The van der Waals surface area contributed by atoms with E-state index < -0.39 is 0 Å². The SMILES string of the molecule is CCC1C(=O)N2CCCCC2C(=O)N1CC1(C2CC2)CC1. The van der Waals surface area contributed by atoms with E-state index in [0.29, 0.717) is 5.41 Å². The number of fused-ring (bicyclic) bond motifs is 1. The van der Waals surface area contributed by atoms with E-state index in [9.17, 15) is 9.59 Å². The normalized spacial score (nSPS) is 34.9. The summed E-state index contributed by atoms with van der Waals surface area (Å²) in [5.74, 6) is 1.30. The fourth-order valence-corrected chi connectivity index (χ4v) is 4.60. The van der Waals surface area contributed by atoms with Crippen molar-refractivity contribution in [2.24, 2.45) is 11.3 Å². The Labute approximate surface area is 126 Å². The minimum Gasteiger partial charge on any atom is -0.329 e. The number of hydrogen-bond donors (Lipinski definition) is 0. The Bertz CT molecular complexity index is 467. The molecule has 2 heterocycles. The van der Waals surface area contributed by atoms with Gasteiger partial charge in [0.05, 0.1) is 0 Å². The molecule has 0 aromatic rings. The smallest absolute Gasteiger partial charge is 0.246 e. The van der Waals surface area contributed by atoms with E-state index in [2.05, 4.69) is 0 Å². The highest BCUT2D eigenvalue weighted by Gasteiger charge is 2.57. The molecule has 0 aromatic carbocycles. The molecule has 2 amide bonds. The van der Waals surface area contributed by atoms with Crippen molar-refractivity contribution < 1.29 is 9.59 Å². The van der Waals surface area contributed by atoms with Gasteiger partial charge in [0.1, 0.15) is 12.1 Å². The number of piperidine rings is 1. The number of carbonyl (C=O) groups is 2. The molecule has 2 saturated carbocycles. The predicted molar refractivity (Wildman–Crippen MR) is 79.5 cm³/mol. The molecule has 21 heavy (non-hydrogen) atoms. The number of rotatable bonds is 4. The molecule has 4 nitrogen and oxygen atoms in total. The summed E-state index contributed by atoms with van der Waals surface area (Å²) in [6.07, 6.45) is 8.96. The van der Waals surface area contributed by atoms with Gasteiger partial charge in [-0.2, -0.15) is 0 Å². The molecule has 2 saturated heterocycles. The van der Waals surface area contributed by atoms with E-state index in [-0.39, 0.29) is 23.9 Å². The first-order valence-electron chi connectivity index (χ1n) is 8.77. The quantitative estimate of drug-likeness (QED) is 0.796. The summed E-state index contributed by atoms with van der Waals surface area (Å²) in [6, 6.07) is -0.341. The highest BCUT2D eigenvalue weighted by atomic mass is 16.2. The lowest BCUT2D eigenvalue weighted by Crippen LogP contribution is -2.66. The Hall–Kier alpha value is -1.06. The molecule has 2 aliphatic carbocycles. The summed E-state index contributed by atoms with van der Waals surface area (Å²) in [5, 5.41) is 0. The third-order valence-corrected chi connectivity index (χ3v) is 6.22. The van der Waals surface area contributed by atoms with Crippen LogP contribution in [0.15, 0.2) is 0 Å². The highest BCUT2D eigenvalue weighted by Crippen LogP contribution is 2.61. The molecule has 2 unspecified atom stereocenters. The van der Waals surface area contributed by atoms with Gasteiger partial charge in [-0.15, -0.1) is 0 Å². The number of amides is 2. The minimum atomic E-state index is -0.192. The van der Waals surface area contributed by atoms with Gasteiger partial charge in [0.25, 0.3) is 0 Å². The van der Waals surface area contributed by atoms with Crippen LogP contribution >= 0.6 is 0 Å². The fourth-order valence-electron chi connectivity index (χ4n) is 4.60. The van der Waals surface area contributed by atoms with Crippen LogP contribution in [0, 0.1) is 11.3 Å². The maximum absolute atomic E-state index is 13.0. The summed E-state index contributed by atoms with van der Waals surface area (Å²) in [4.78, 5) is 29.6. The zero-order valence-corrected chi connectivity index (χ0v) is 13.0. The number of piperazine rings is 1. The van der Waals surface area contributed by atoms with Crippen LogP contribution in [0.4, 0.5) is 0 Å². The first kappa shape index (κ1) is 13.6. The molecule has 2 atom stereocenters. The van der Waals surface area contributed by atoms with Gasteiger partial charge < -0.3 is 9.80 Å². The summed E-state index contributed by atoms with van der Waals surface area (Å²) in [6.45, 7) is 3.68. The molecule has 4 fully saturated rings. The van der Waals surface area contributed by atoms with Crippen LogP contribution in [-0.2, 0) is 9.59 Å². The summed E-state index contributed by atoms with van der Waals surface area (Å²) >= 11 is 0. The van der Waals surface area contributed by atoms with Crippen LogP contribution in [0.2, 0.25) is 0 Å². The Morgan fingerprint density at radius 1 is 1.10 bits per heavy atom. The second kappa shape index (κ2) is 4.72. The molecule has 4 rings (SSSR count). The van der Waals surface area contributed by atoms with Gasteiger partial charge in [0.2, 0.25) is 11.8 Å². The molecular weight excluding hydrogens is 264 g/mol. The average Bonchev–Trinajstić information content (AvgIpc) is 3.37. The van der Waals surface area contributed by atoms with Gasteiger partial charge in [-0.1, -0.05) is 6.92 Å². The van der Waals surface area contributed by atoms with E-state index in [0.717, 1.165) is 44.7 Å². The van der Waals surface area contributed by atoms with Crippen molar-refractivity contribution in [3.05, 3.63) is 0 Å². The number of nitrogens with zero attached hydrogens (tertiary/aromatic N) is 2. The Kier molecular flexibility index (Phi) is 3.05. The van der Waals surface area contributed by atoms with Crippen molar-refractivity contribution in [3.63, 3.8) is 0 Å². The van der Waals surface area contributed by atoms with E-state index in [4.69, 9.17) is 0 Å². The van der Waals surface area contributed by atoms with Crippen molar-refractivity contribution >= 4 is 11.8 Å². The molecule has 4 heteroatoms. The van der Waals surface area contributed by atoms with E-state index in [1.165, 1.54) is 25.7 Å². The van der Waals surface area contributed by atoms with Crippen LogP contribution in [0.1, 0.15) is 58.3 Å². The second-order valence-corrected chi connectivity index (χ2v) is 7.57. The fraction of sp³-hybridized carbons (Fsp3) is 0.882. The van der Waals surface area contributed by atoms with Crippen LogP contribution in [0.3, 0.4) is 0 Å². The molecule has 0 spiro atoms. The van der Waals surface area contributed by atoms with E-state index >= 15 is 0 Å². The molecule has 4 aliphatic rings. The average molecular weight is 290 g/mol.